The number of halogens is 1. The lowest BCUT2D eigenvalue weighted by molar-refractivity contribution is 0.146. The molecule has 2 atom stereocenters. The molecule has 2 aromatic carbocycles. The summed E-state index contributed by atoms with van der Waals surface area (Å²) in [5.41, 5.74) is 2.07. The third-order valence-corrected chi connectivity index (χ3v) is 4.53. The smallest absolute Gasteiger partial charge is 0.130 e. The molecule has 2 aliphatic rings. The van der Waals surface area contributed by atoms with E-state index in [9.17, 15) is 4.39 Å². The molecule has 3 heteroatoms. The van der Waals surface area contributed by atoms with E-state index in [1.165, 1.54) is 11.6 Å². The molecule has 2 heterocycles. The van der Waals surface area contributed by atoms with Crippen LogP contribution in [-0.4, -0.2) is 24.1 Å². The van der Waals surface area contributed by atoms with Gasteiger partial charge in [0.05, 0.1) is 0 Å². The average Bonchev–Trinajstić information content (AvgIpc) is 2.88. The minimum Gasteiger partial charge on any atom is -0.488 e. The Morgan fingerprint density at radius 1 is 1.05 bits per heavy atom. The minimum atomic E-state index is -0.132. The van der Waals surface area contributed by atoms with Crippen LogP contribution in [0.3, 0.4) is 0 Å². The van der Waals surface area contributed by atoms with Crippen LogP contribution in [0.25, 0.3) is 0 Å². The fourth-order valence-electron chi connectivity index (χ4n) is 3.50. The summed E-state index contributed by atoms with van der Waals surface area (Å²) >= 11 is 0. The second-order valence-electron chi connectivity index (χ2n) is 6.02. The fraction of sp³-hybridized carbons (Fsp3) is 0.333. The van der Waals surface area contributed by atoms with Gasteiger partial charge in [0.15, 0.2) is 0 Å². The highest BCUT2D eigenvalue weighted by Crippen LogP contribution is 2.36. The van der Waals surface area contributed by atoms with Crippen LogP contribution in [0, 0.1) is 11.7 Å². The van der Waals surface area contributed by atoms with Crippen molar-refractivity contribution in [2.45, 2.75) is 19.1 Å². The third-order valence-electron chi connectivity index (χ3n) is 4.53. The Bertz CT molecular complexity index is 643. The molecule has 0 aromatic heterocycles. The fourth-order valence-corrected chi connectivity index (χ4v) is 3.50. The zero-order valence-electron chi connectivity index (χ0n) is 11.8. The molecule has 0 radical (unpaired) electrons. The van der Waals surface area contributed by atoms with Gasteiger partial charge in [-0.2, -0.15) is 0 Å². The van der Waals surface area contributed by atoms with Gasteiger partial charge in [0.25, 0.3) is 0 Å². The topological polar surface area (TPSA) is 12.5 Å². The summed E-state index contributed by atoms with van der Waals surface area (Å²) in [6, 6.07) is 15.6. The Balaban J connectivity index is 1.49. The zero-order chi connectivity index (χ0) is 14.2. The molecular weight excluding hydrogens is 265 g/mol. The predicted molar refractivity (Wildman–Crippen MR) is 79.7 cm³/mol. The third kappa shape index (κ3) is 2.42. The van der Waals surface area contributed by atoms with E-state index in [0.717, 1.165) is 37.4 Å². The Morgan fingerprint density at radius 2 is 1.90 bits per heavy atom. The highest BCUT2D eigenvalue weighted by Gasteiger charge is 2.38. The molecular formula is C18H18FNO. The first kappa shape index (κ1) is 12.8. The molecule has 21 heavy (non-hydrogen) atoms. The molecule has 0 aliphatic carbocycles. The van der Waals surface area contributed by atoms with E-state index < -0.39 is 0 Å². The summed E-state index contributed by atoms with van der Waals surface area (Å²) in [6.07, 6.45) is 0.987. The number of rotatable bonds is 2. The number of ether oxygens (including phenoxy) is 1. The van der Waals surface area contributed by atoms with E-state index in [1.807, 2.05) is 12.1 Å². The van der Waals surface area contributed by atoms with Gasteiger partial charge >= 0.3 is 0 Å². The molecule has 2 aromatic rings. The number of hydrogen-bond donors (Lipinski definition) is 0. The van der Waals surface area contributed by atoms with Crippen molar-refractivity contribution < 1.29 is 9.13 Å². The molecule has 0 spiro atoms. The van der Waals surface area contributed by atoms with Crippen molar-refractivity contribution in [3.8, 4) is 5.75 Å². The van der Waals surface area contributed by atoms with Gasteiger partial charge in [-0.1, -0.05) is 36.4 Å². The van der Waals surface area contributed by atoms with Crippen LogP contribution in [0.2, 0.25) is 0 Å². The summed E-state index contributed by atoms with van der Waals surface area (Å²) in [4.78, 5) is 2.41. The summed E-state index contributed by atoms with van der Waals surface area (Å²) in [6.45, 7) is 2.85. The Hall–Kier alpha value is -1.87. The van der Waals surface area contributed by atoms with Gasteiger partial charge in [-0.25, -0.2) is 4.39 Å². The first-order chi connectivity index (χ1) is 10.3. The molecule has 2 aliphatic heterocycles. The first-order valence-electron chi connectivity index (χ1n) is 7.50. The Labute approximate surface area is 124 Å². The van der Waals surface area contributed by atoms with Gasteiger partial charge in [-0.05, 0) is 24.1 Å². The van der Waals surface area contributed by atoms with Crippen LogP contribution in [-0.2, 0) is 13.0 Å². The molecule has 4 rings (SSSR count). The SMILES string of the molecule is Fc1cccc2c1CC1CN(Cc3ccccc3)CC1O2. The van der Waals surface area contributed by atoms with E-state index in [1.54, 1.807) is 6.07 Å². The number of benzene rings is 2. The van der Waals surface area contributed by atoms with Crippen molar-refractivity contribution in [2.24, 2.45) is 5.92 Å². The second kappa shape index (κ2) is 5.15. The van der Waals surface area contributed by atoms with E-state index in [4.69, 9.17) is 4.74 Å². The maximum atomic E-state index is 13.9. The highest BCUT2D eigenvalue weighted by atomic mass is 19.1. The quantitative estimate of drug-likeness (QED) is 0.839. The molecule has 1 saturated heterocycles. The monoisotopic (exact) mass is 283 g/mol. The number of nitrogens with zero attached hydrogens (tertiary/aromatic N) is 1. The van der Waals surface area contributed by atoms with E-state index in [0.29, 0.717) is 5.92 Å². The van der Waals surface area contributed by atoms with Crippen LogP contribution < -0.4 is 4.74 Å². The summed E-state index contributed by atoms with van der Waals surface area (Å²) in [5.74, 6) is 1.00. The predicted octanol–water partition coefficient (Wildman–Crippen LogP) is 3.26. The number of fused-ring (bicyclic) bond motifs is 2. The van der Waals surface area contributed by atoms with Crippen LogP contribution >= 0.6 is 0 Å². The van der Waals surface area contributed by atoms with Crippen molar-refractivity contribution in [1.29, 1.82) is 0 Å². The van der Waals surface area contributed by atoms with E-state index in [-0.39, 0.29) is 11.9 Å². The minimum absolute atomic E-state index is 0.132. The summed E-state index contributed by atoms with van der Waals surface area (Å²) in [5, 5.41) is 0. The molecule has 0 amide bonds. The summed E-state index contributed by atoms with van der Waals surface area (Å²) < 4.78 is 19.9. The molecule has 108 valence electrons. The summed E-state index contributed by atoms with van der Waals surface area (Å²) in [7, 11) is 0. The Kier molecular flexibility index (Phi) is 3.15. The Morgan fingerprint density at radius 3 is 2.76 bits per heavy atom. The molecule has 0 bridgehead atoms. The van der Waals surface area contributed by atoms with Gasteiger partial charge in [0.2, 0.25) is 0 Å². The van der Waals surface area contributed by atoms with Gasteiger partial charge in [0, 0.05) is 31.1 Å². The first-order valence-corrected chi connectivity index (χ1v) is 7.50. The van der Waals surface area contributed by atoms with Crippen molar-refractivity contribution in [3.63, 3.8) is 0 Å². The highest BCUT2D eigenvalue weighted by molar-refractivity contribution is 5.37. The molecule has 0 saturated carbocycles. The molecule has 2 nitrogen and oxygen atoms in total. The maximum absolute atomic E-state index is 13.9. The van der Waals surface area contributed by atoms with E-state index >= 15 is 0 Å². The van der Waals surface area contributed by atoms with Gasteiger partial charge < -0.3 is 4.74 Å². The standard InChI is InChI=1S/C18H18FNO/c19-16-7-4-8-17-15(16)9-14-11-20(12-18(14)21-17)10-13-5-2-1-3-6-13/h1-8,14,18H,9-12H2. The van der Waals surface area contributed by atoms with Crippen molar-refractivity contribution >= 4 is 0 Å². The van der Waals surface area contributed by atoms with Crippen molar-refractivity contribution in [1.82, 2.24) is 4.90 Å². The van der Waals surface area contributed by atoms with Gasteiger partial charge in [0.1, 0.15) is 17.7 Å². The molecule has 0 N–H and O–H groups in total. The van der Waals surface area contributed by atoms with Crippen LogP contribution in [0.4, 0.5) is 4.39 Å². The van der Waals surface area contributed by atoms with Crippen molar-refractivity contribution in [2.75, 3.05) is 13.1 Å². The van der Waals surface area contributed by atoms with Crippen LogP contribution in [0.15, 0.2) is 48.5 Å². The van der Waals surface area contributed by atoms with Crippen LogP contribution in [0.5, 0.6) is 5.75 Å². The molecule has 2 unspecified atom stereocenters. The van der Waals surface area contributed by atoms with Crippen molar-refractivity contribution in [3.05, 3.63) is 65.5 Å². The normalized spacial score (nSPS) is 24.2. The lowest BCUT2D eigenvalue weighted by Crippen LogP contribution is -2.32. The average molecular weight is 283 g/mol. The largest absolute Gasteiger partial charge is 0.488 e. The van der Waals surface area contributed by atoms with E-state index in [2.05, 4.69) is 29.2 Å². The van der Waals surface area contributed by atoms with Gasteiger partial charge in [-0.3, -0.25) is 4.90 Å². The second-order valence-corrected chi connectivity index (χ2v) is 6.02. The number of likely N-dealkylation sites (tertiary alicyclic amines) is 1. The lowest BCUT2D eigenvalue weighted by Gasteiger charge is -2.28. The lowest BCUT2D eigenvalue weighted by atomic mass is 9.93. The number of hydrogen-bond acceptors (Lipinski definition) is 2. The van der Waals surface area contributed by atoms with Crippen LogP contribution in [0.1, 0.15) is 11.1 Å². The maximum Gasteiger partial charge on any atom is 0.130 e. The van der Waals surface area contributed by atoms with Gasteiger partial charge in [-0.15, -0.1) is 0 Å². The molecule has 1 fully saturated rings. The zero-order valence-corrected chi connectivity index (χ0v) is 11.8.